The number of hydrogen-bond donors (Lipinski definition) is 1. The van der Waals surface area contributed by atoms with Crippen LogP contribution in [-0.4, -0.2) is 18.7 Å². The molecule has 0 unspecified atom stereocenters. The van der Waals surface area contributed by atoms with E-state index < -0.39 is 0 Å². The van der Waals surface area contributed by atoms with E-state index >= 15 is 0 Å². The third-order valence-corrected chi connectivity index (χ3v) is 2.53. The summed E-state index contributed by atoms with van der Waals surface area (Å²) in [6, 6.07) is 10.3. The summed E-state index contributed by atoms with van der Waals surface area (Å²) >= 11 is 0. The lowest BCUT2D eigenvalue weighted by Crippen LogP contribution is -2.23. The SMILES string of the molecule is O=C1N[C@@H](C=C=CCCc2ccccc2)CO1. The van der Waals surface area contributed by atoms with Crippen molar-refractivity contribution in [2.45, 2.75) is 18.9 Å². The van der Waals surface area contributed by atoms with Gasteiger partial charge in [-0.1, -0.05) is 30.3 Å². The van der Waals surface area contributed by atoms with Gasteiger partial charge in [0, 0.05) is 0 Å². The number of rotatable bonds is 4. The Balaban J connectivity index is 1.74. The van der Waals surface area contributed by atoms with Gasteiger partial charge in [-0.15, -0.1) is 5.73 Å². The van der Waals surface area contributed by atoms with Gasteiger partial charge in [0.15, 0.2) is 0 Å². The predicted molar refractivity (Wildman–Crippen MR) is 65.7 cm³/mol. The number of alkyl carbamates (subject to hydrolysis) is 1. The third kappa shape index (κ3) is 3.82. The van der Waals surface area contributed by atoms with Gasteiger partial charge in [0.1, 0.15) is 6.61 Å². The van der Waals surface area contributed by atoms with Crippen molar-refractivity contribution < 1.29 is 9.53 Å². The van der Waals surface area contributed by atoms with E-state index in [4.69, 9.17) is 4.74 Å². The van der Waals surface area contributed by atoms with Crippen molar-refractivity contribution in [3.05, 3.63) is 53.8 Å². The summed E-state index contributed by atoms with van der Waals surface area (Å²) in [5.74, 6) is 0. The molecule has 1 N–H and O–H groups in total. The largest absolute Gasteiger partial charge is 0.447 e. The summed E-state index contributed by atoms with van der Waals surface area (Å²) in [4.78, 5) is 10.7. The molecule has 1 fully saturated rings. The lowest BCUT2D eigenvalue weighted by molar-refractivity contribution is 0.177. The fourth-order valence-corrected chi connectivity index (χ4v) is 1.64. The Bertz CT molecular complexity index is 433. The molecule has 3 nitrogen and oxygen atoms in total. The van der Waals surface area contributed by atoms with Gasteiger partial charge in [-0.05, 0) is 30.6 Å². The fourth-order valence-electron chi connectivity index (χ4n) is 1.64. The van der Waals surface area contributed by atoms with Gasteiger partial charge in [0.2, 0.25) is 0 Å². The number of cyclic esters (lactones) is 1. The molecule has 0 aliphatic carbocycles. The molecule has 1 saturated heterocycles. The Morgan fingerprint density at radius 1 is 1.41 bits per heavy atom. The normalized spacial score (nSPS) is 17.9. The molecule has 1 aromatic rings. The number of carbonyl (C=O) groups is 1. The highest BCUT2D eigenvalue weighted by Crippen LogP contribution is 2.02. The second-order valence-electron chi connectivity index (χ2n) is 3.91. The van der Waals surface area contributed by atoms with Crippen LogP contribution in [0, 0.1) is 0 Å². The minimum Gasteiger partial charge on any atom is -0.447 e. The maximum atomic E-state index is 10.7. The van der Waals surface area contributed by atoms with Crippen molar-refractivity contribution in [1.29, 1.82) is 0 Å². The molecule has 1 aromatic carbocycles. The fraction of sp³-hybridized carbons (Fsp3) is 0.286. The monoisotopic (exact) mass is 229 g/mol. The summed E-state index contributed by atoms with van der Waals surface area (Å²) in [7, 11) is 0. The number of benzene rings is 1. The van der Waals surface area contributed by atoms with Crippen LogP contribution < -0.4 is 5.32 Å². The van der Waals surface area contributed by atoms with Gasteiger partial charge in [0.25, 0.3) is 0 Å². The molecule has 3 heteroatoms. The van der Waals surface area contributed by atoms with E-state index in [-0.39, 0.29) is 12.1 Å². The average molecular weight is 229 g/mol. The molecule has 1 aliphatic rings. The Kier molecular flexibility index (Phi) is 4.00. The van der Waals surface area contributed by atoms with Crippen molar-refractivity contribution in [2.75, 3.05) is 6.61 Å². The van der Waals surface area contributed by atoms with Crippen LogP contribution in [0.5, 0.6) is 0 Å². The van der Waals surface area contributed by atoms with Crippen LogP contribution in [0.2, 0.25) is 0 Å². The number of hydrogen-bond acceptors (Lipinski definition) is 2. The summed E-state index contributed by atoms with van der Waals surface area (Å²) in [6.45, 7) is 0.401. The minimum atomic E-state index is -0.350. The third-order valence-electron chi connectivity index (χ3n) is 2.53. The van der Waals surface area contributed by atoms with Gasteiger partial charge in [-0.3, -0.25) is 0 Å². The Morgan fingerprint density at radius 2 is 2.24 bits per heavy atom. The predicted octanol–water partition coefficient (Wildman–Crippen LogP) is 2.44. The van der Waals surface area contributed by atoms with E-state index in [9.17, 15) is 4.79 Å². The molecule has 0 saturated carbocycles. The van der Waals surface area contributed by atoms with Gasteiger partial charge in [0.05, 0.1) is 6.04 Å². The van der Waals surface area contributed by atoms with E-state index in [0.717, 1.165) is 12.8 Å². The van der Waals surface area contributed by atoms with Crippen molar-refractivity contribution in [3.8, 4) is 0 Å². The van der Waals surface area contributed by atoms with E-state index in [2.05, 4.69) is 23.2 Å². The number of amides is 1. The second kappa shape index (κ2) is 5.92. The van der Waals surface area contributed by atoms with E-state index in [1.165, 1.54) is 5.56 Å². The maximum absolute atomic E-state index is 10.7. The number of nitrogens with one attached hydrogen (secondary N) is 1. The summed E-state index contributed by atoms with van der Waals surface area (Å²) in [5, 5.41) is 2.66. The highest BCUT2D eigenvalue weighted by molar-refractivity contribution is 5.70. The molecule has 17 heavy (non-hydrogen) atoms. The number of ether oxygens (including phenoxy) is 1. The van der Waals surface area contributed by atoms with E-state index in [1.807, 2.05) is 30.4 Å². The first-order chi connectivity index (χ1) is 8.34. The van der Waals surface area contributed by atoms with Crippen LogP contribution in [0.4, 0.5) is 4.79 Å². The van der Waals surface area contributed by atoms with Crippen molar-refractivity contribution in [3.63, 3.8) is 0 Å². The first-order valence-electron chi connectivity index (χ1n) is 5.73. The highest BCUT2D eigenvalue weighted by Gasteiger charge is 2.18. The van der Waals surface area contributed by atoms with Crippen molar-refractivity contribution >= 4 is 6.09 Å². The average Bonchev–Trinajstić information content (AvgIpc) is 2.76. The number of aryl methyl sites for hydroxylation is 1. The molecule has 0 bridgehead atoms. The van der Waals surface area contributed by atoms with Gasteiger partial charge < -0.3 is 10.1 Å². The van der Waals surface area contributed by atoms with Crippen LogP contribution in [0.3, 0.4) is 0 Å². The van der Waals surface area contributed by atoms with E-state index in [1.54, 1.807) is 0 Å². The van der Waals surface area contributed by atoms with Crippen molar-refractivity contribution in [1.82, 2.24) is 5.32 Å². The molecular formula is C14H15NO2. The molecule has 1 heterocycles. The molecule has 0 radical (unpaired) electrons. The summed E-state index contributed by atoms with van der Waals surface area (Å²) < 4.78 is 4.76. The first-order valence-corrected chi connectivity index (χ1v) is 5.73. The molecule has 0 aromatic heterocycles. The molecule has 1 aliphatic heterocycles. The standard InChI is InChI=1S/C14H15NO2/c16-14-15-13(11-17-14)10-6-2-5-9-12-7-3-1-4-8-12/h1-4,7-8,10,13H,5,9,11H2,(H,15,16)/t6?,13-/m0/s1. The Morgan fingerprint density at radius 3 is 2.94 bits per heavy atom. The van der Waals surface area contributed by atoms with Gasteiger partial charge >= 0.3 is 6.09 Å². The Hall–Kier alpha value is -1.99. The quantitative estimate of drug-likeness (QED) is 0.805. The van der Waals surface area contributed by atoms with Crippen LogP contribution >= 0.6 is 0 Å². The first kappa shape index (κ1) is 11.5. The molecule has 1 amide bonds. The molecular weight excluding hydrogens is 214 g/mol. The zero-order chi connectivity index (χ0) is 11.9. The van der Waals surface area contributed by atoms with Crippen LogP contribution in [-0.2, 0) is 11.2 Å². The number of carbonyl (C=O) groups excluding carboxylic acids is 1. The molecule has 88 valence electrons. The molecule has 1 atom stereocenters. The van der Waals surface area contributed by atoms with Gasteiger partial charge in [-0.2, -0.15) is 0 Å². The van der Waals surface area contributed by atoms with E-state index in [0.29, 0.717) is 6.61 Å². The molecule has 0 spiro atoms. The second-order valence-corrected chi connectivity index (χ2v) is 3.91. The lowest BCUT2D eigenvalue weighted by Gasteiger charge is -1.96. The zero-order valence-electron chi connectivity index (χ0n) is 9.56. The lowest BCUT2D eigenvalue weighted by atomic mass is 10.1. The van der Waals surface area contributed by atoms with Crippen LogP contribution in [0.1, 0.15) is 12.0 Å². The zero-order valence-corrected chi connectivity index (χ0v) is 9.56. The minimum absolute atomic E-state index is 0.0320. The molecule has 2 rings (SSSR count). The maximum Gasteiger partial charge on any atom is 0.407 e. The van der Waals surface area contributed by atoms with Crippen LogP contribution in [0.15, 0.2) is 48.2 Å². The summed E-state index contributed by atoms with van der Waals surface area (Å²) in [5.41, 5.74) is 4.40. The topological polar surface area (TPSA) is 38.3 Å². The van der Waals surface area contributed by atoms with Gasteiger partial charge in [-0.25, -0.2) is 4.79 Å². The van der Waals surface area contributed by atoms with Crippen LogP contribution in [0.25, 0.3) is 0 Å². The summed E-state index contributed by atoms with van der Waals surface area (Å²) in [6.07, 6.45) is 5.42. The van der Waals surface area contributed by atoms with Crippen molar-refractivity contribution in [2.24, 2.45) is 0 Å². The smallest absolute Gasteiger partial charge is 0.407 e. The highest BCUT2D eigenvalue weighted by atomic mass is 16.6. The Labute approximate surface area is 101 Å².